The number of carbonyl (C=O) groups excluding carboxylic acids is 1. The summed E-state index contributed by atoms with van der Waals surface area (Å²) >= 11 is 0. The van der Waals surface area contributed by atoms with Crippen LogP contribution in [-0.2, 0) is 9.53 Å². The molecule has 1 heterocycles. The Kier molecular flexibility index (Phi) is 8.38. The average molecular weight is 215 g/mol. The van der Waals surface area contributed by atoms with Crippen molar-refractivity contribution in [2.45, 2.75) is 52.5 Å². The van der Waals surface area contributed by atoms with Crippen molar-refractivity contribution in [3.05, 3.63) is 0 Å². The molecule has 0 aromatic rings. The van der Waals surface area contributed by atoms with E-state index in [-0.39, 0.29) is 5.91 Å². The van der Waals surface area contributed by atoms with Crippen molar-refractivity contribution < 1.29 is 9.53 Å². The van der Waals surface area contributed by atoms with Crippen LogP contribution < -0.4 is 0 Å². The number of amides is 1. The molecular weight excluding hydrogens is 190 g/mol. The largest absolute Gasteiger partial charge is 0.385 e. The predicted molar refractivity (Wildman–Crippen MR) is 62.9 cm³/mol. The first-order valence-corrected chi connectivity index (χ1v) is 6.02. The molecule has 15 heavy (non-hydrogen) atoms. The second-order valence-corrected chi connectivity index (χ2v) is 3.64. The molecule has 0 bridgehead atoms. The molecule has 0 aromatic carbocycles. The van der Waals surface area contributed by atoms with Gasteiger partial charge in [-0.3, -0.25) is 4.79 Å². The highest BCUT2D eigenvalue weighted by atomic mass is 16.5. The SMILES string of the molecule is CC.COCCC1CCCCN1C(C)=O. The van der Waals surface area contributed by atoms with E-state index in [1.807, 2.05) is 18.7 Å². The summed E-state index contributed by atoms with van der Waals surface area (Å²) in [5, 5.41) is 0. The summed E-state index contributed by atoms with van der Waals surface area (Å²) in [6.07, 6.45) is 4.53. The highest BCUT2D eigenvalue weighted by Crippen LogP contribution is 2.19. The van der Waals surface area contributed by atoms with Gasteiger partial charge in [0.2, 0.25) is 5.91 Å². The first kappa shape index (κ1) is 14.4. The zero-order chi connectivity index (χ0) is 11.7. The van der Waals surface area contributed by atoms with Gasteiger partial charge in [0.25, 0.3) is 0 Å². The van der Waals surface area contributed by atoms with Crippen LogP contribution in [0.2, 0.25) is 0 Å². The molecule has 3 nitrogen and oxygen atoms in total. The lowest BCUT2D eigenvalue weighted by Gasteiger charge is -2.35. The van der Waals surface area contributed by atoms with Crippen LogP contribution in [0.25, 0.3) is 0 Å². The number of nitrogens with zero attached hydrogens (tertiary/aromatic N) is 1. The van der Waals surface area contributed by atoms with Gasteiger partial charge < -0.3 is 9.64 Å². The van der Waals surface area contributed by atoms with Gasteiger partial charge in [0.1, 0.15) is 0 Å². The number of piperidine rings is 1. The number of likely N-dealkylation sites (tertiary alicyclic amines) is 1. The molecule has 90 valence electrons. The lowest BCUT2D eigenvalue weighted by atomic mass is 10.00. The van der Waals surface area contributed by atoms with Crippen molar-refractivity contribution in [2.24, 2.45) is 0 Å². The van der Waals surface area contributed by atoms with E-state index in [4.69, 9.17) is 4.74 Å². The molecule has 0 aliphatic carbocycles. The standard InChI is InChI=1S/C10H19NO2.C2H6/c1-9(12)11-7-4-3-5-10(11)6-8-13-2;1-2/h10H,3-8H2,1-2H3;1-2H3. The quantitative estimate of drug-likeness (QED) is 0.723. The molecule has 1 aliphatic heterocycles. The minimum Gasteiger partial charge on any atom is -0.385 e. The number of hydrogen-bond donors (Lipinski definition) is 0. The summed E-state index contributed by atoms with van der Waals surface area (Å²) < 4.78 is 5.03. The predicted octanol–water partition coefficient (Wildman–Crippen LogP) is 2.45. The number of methoxy groups -OCH3 is 1. The minimum absolute atomic E-state index is 0.209. The van der Waals surface area contributed by atoms with E-state index in [1.54, 1.807) is 14.0 Å². The van der Waals surface area contributed by atoms with Crippen LogP contribution in [0, 0.1) is 0 Å². The minimum atomic E-state index is 0.209. The first-order valence-electron chi connectivity index (χ1n) is 6.02. The monoisotopic (exact) mass is 215 g/mol. The van der Waals surface area contributed by atoms with E-state index in [9.17, 15) is 4.79 Å². The summed E-state index contributed by atoms with van der Waals surface area (Å²) in [4.78, 5) is 13.2. The number of rotatable bonds is 3. The molecule has 1 saturated heterocycles. The van der Waals surface area contributed by atoms with Crippen LogP contribution >= 0.6 is 0 Å². The Morgan fingerprint density at radius 2 is 2.07 bits per heavy atom. The second kappa shape index (κ2) is 8.72. The Hall–Kier alpha value is -0.570. The number of carbonyl (C=O) groups is 1. The van der Waals surface area contributed by atoms with Crippen molar-refractivity contribution in [3.8, 4) is 0 Å². The van der Waals surface area contributed by atoms with E-state index in [2.05, 4.69) is 0 Å². The lowest BCUT2D eigenvalue weighted by Crippen LogP contribution is -2.43. The molecule has 1 amide bonds. The van der Waals surface area contributed by atoms with E-state index >= 15 is 0 Å². The van der Waals surface area contributed by atoms with Gasteiger partial charge in [-0.25, -0.2) is 0 Å². The van der Waals surface area contributed by atoms with Crippen LogP contribution in [0.1, 0.15) is 46.5 Å². The summed E-state index contributed by atoms with van der Waals surface area (Å²) in [7, 11) is 1.71. The second-order valence-electron chi connectivity index (χ2n) is 3.64. The summed E-state index contributed by atoms with van der Waals surface area (Å²) in [6.45, 7) is 7.35. The van der Waals surface area contributed by atoms with Crippen molar-refractivity contribution in [1.82, 2.24) is 4.90 Å². The van der Waals surface area contributed by atoms with Gasteiger partial charge in [-0.1, -0.05) is 13.8 Å². The van der Waals surface area contributed by atoms with E-state index in [1.165, 1.54) is 6.42 Å². The van der Waals surface area contributed by atoms with Crippen LogP contribution in [0.4, 0.5) is 0 Å². The molecule has 1 unspecified atom stereocenters. The molecule has 0 radical (unpaired) electrons. The molecule has 0 aromatic heterocycles. The third-order valence-electron chi connectivity index (χ3n) is 2.69. The van der Waals surface area contributed by atoms with Gasteiger partial charge in [-0.05, 0) is 25.7 Å². The van der Waals surface area contributed by atoms with Gasteiger partial charge in [0.05, 0.1) is 0 Å². The molecule has 0 spiro atoms. The van der Waals surface area contributed by atoms with Crippen molar-refractivity contribution in [2.75, 3.05) is 20.3 Å². The molecule has 3 heteroatoms. The summed E-state index contributed by atoms with van der Waals surface area (Å²) in [5.74, 6) is 0.209. The van der Waals surface area contributed by atoms with Crippen LogP contribution in [-0.4, -0.2) is 37.1 Å². The van der Waals surface area contributed by atoms with Crippen molar-refractivity contribution >= 4 is 5.91 Å². The molecular formula is C12H25NO2. The Morgan fingerprint density at radius 1 is 1.40 bits per heavy atom. The zero-order valence-corrected chi connectivity index (χ0v) is 10.6. The van der Waals surface area contributed by atoms with Crippen LogP contribution in [0.5, 0.6) is 0 Å². The van der Waals surface area contributed by atoms with Crippen LogP contribution in [0.15, 0.2) is 0 Å². The first-order chi connectivity index (χ1) is 7.25. The van der Waals surface area contributed by atoms with Crippen LogP contribution in [0.3, 0.4) is 0 Å². The third-order valence-corrected chi connectivity index (χ3v) is 2.69. The van der Waals surface area contributed by atoms with Crippen molar-refractivity contribution in [1.29, 1.82) is 0 Å². The van der Waals surface area contributed by atoms with Gasteiger partial charge in [0, 0.05) is 33.2 Å². The highest BCUT2D eigenvalue weighted by molar-refractivity contribution is 5.73. The fourth-order valence-corrected chi connectivity index (χ4v) is 1.97. The molecule has 1 rings (SSSR count). The fraction of sp³-hybridized carbons (Fsp3) is 0.917. The zero-order valence-electron chi connectivity index (χ0n) is 10.6. The van der Waals surface area contributed by atoms with Gasteiger partial charge in [0.15, 0.2) is 0 Å². The average Bonchev–Trinajstić information content (AvgIpc) is 2.29. The maximum Gasteiger partial charge on any atom is 0.219 e. The molecule has 0 saturated carbocycles. The topological polar surface area (TPSA) is 29.5 Å². The van der Waals surface area contributed by atoms with Crippen molar-refractivity contribution in [3.63, 3.8) is 0 Å². The summed E-state index contributed by atoms with van der Waals surface area (Å²) in [6, 6.07) is 0.422. The molecule has 1 atom stereocenters. The Labute approximate surface area is 93.8 Å². The van der Waals surface area contributed by atoms with Gasteiger partial charge in [-0.2, -0.15) is 0 Å². The van der Waals surface area contributed by atoms with E-state index < -0.39 is 0 Å². The molecule has 1 fully saturated rings. The third kappa shape index (κ3) is 5.17. The Bertz CT molecular complexity index is 171. The smallest absolute Gasteiger partial charge is 0.219 e. The highest BCUT2D eigenvalue weighted by Gasteiger charge is 2.23. The fourth-order valence-electron chi connectivity index (χ4n) is 1.97. The van der Waals surface area contributed by atoms with Gasteiger partial charge in [-0.15, -0.1) is 0 Å². The molecule has 0 N–H and O–H groups in total. The Balaban J connectivity index is 0.000000921. The Morgan fingerprint density at radius 3 is 2.60 bits per heavy atom. The van der Waals surface area contributed by atoms with E-state index in [0.29, 0.717) is 6.04 Å². The van der Waals surface area contributed by atoms with Gasteiger partial charge >= 0.3 is 0 Å². The maximum atomic E-state index is 11.3. The maximum absolute atomic E-state index is 11.3. The summed E-state index contributed by atoms with van der Waals surface area (Å²) in [5.41, 5.74) is 0. The number of hydrogen-bond acceptors (Lipinski definition) is 2. The lowest BCUT2D eigenvalue weighted by molar-refractivity contribution is -0.132. The normalized spacial score (nSPS) is 20.5. The number of ether oxygens (including phenoxy) is 1. The molecule has 1 aliphatic rings. The van der Waals surface area contributed by atoms with E-state index in [0.717, 1.165) is 32.4 Å².